The number of fused-ring (bicyclic) bond motifs is 1. The third-order valence-electron chi connectivity index (χ3n) is 3.65. The first-order chi connectivity index (χ1) is 10.6. The predicted molar refractivity (Wildman–Crippen MR) is 87.0 cm³/mol. The minimum atomic E-state index is -0.454. The first-order valence-corrected chi connectivity index (χ1v) is 7.64. The number of pyridine rings is 1. The average molecular weight is 302 g/mol. The van der Waals surface area contributed by atoms with Crippen molar-refractivity contribution in [2.45, 2.75) is 39.7 Å². The van der Waals surface area contributed by atoms with Crippen molar-refractivity contribution < 1.29 is 9.53 Å². The van der Waals surface area contributed by atoms with E-state index in [2.05, 4.69) is 17.2 Å². The van der Waals surface area contributed by atoms with Crippen LogP contribution in [0.25, 0.3) is 10.9 Å². The van der Waals surface area contributed by atoms with Crippen LogP contribution >= 0.6 is 0 Å². The van der Waals surface area contributed by atoms with Gasteiger partial charge in [-0.1, -0.05) is 31.9 Å². The molecule has 0 unspecified atom stereocenters. The molecule has 2 N–H and O–H groups in total. The number of aromatic amines is 1. The summed E-state index contributed by atoms with van der Waals surface area (Å²) in [7, 11) is 0. The molecule has 0 atom stereocenters. The van der Waals surface area contributed by atoms with Gasteiger partial charge >= 0.3 is 6.09 Å². The van der Waals surface area contributed by atoms with E-state index in [1.165, 1.54) is 0 Å². The minimum absolute atomic E-state index is 0.0312. The van der Waals surface area contributed by atoms with Crippen molar-refractivity contribution in [1.29, 1.82) is 0 Å². The second kappa shape index (κ2) is 7.64. The molecule has 0 aliphatic heterocycles. The van der Waals surface area contributed by atoms with Crippen molar-refractivity contribution in [3.8, 4) is 0 Å². The van der Waals surface area contributed by atoms with Gasteiger partial charge in [0.15, 0.2) is 5.43 Å². The summed E-state index contributed by atoms with van der Waals surface area (Å²) in [6.07, 6.45) is 2.67. The van der Waals surface area contributed by atoms with Crippen LogP contribution in [0.4, 0.5) is 4.79 Å². The van der Waals surface area contributed by atoms with Crippen LogP contribution in [0.5, 0.6) is 0 Å². The van der Waals surface area contributed by atoms with Crippen molar-refractivity contribution >= 4 is 17.0 Å². The molecule has 1 aromatic heterocycles. The zero-order chi connectivity index (χ0) is 15.9. The number of H-pyrrole nitrogens is 1. The molecule has 0 aliphatic rings. The highest BCUT2D eigenvalue weighted by molar-refractivity contribution is 5.79. The molecule has 5 heteroatoms. The molecule has 2 rings (SSSR count). The number of aromatic nitrogens is 1. The summed E-state index contributed by atoms with van der Waals surface area (Å²) >= 11 is 0. The number of ether oxygens (including phenoxy) is 1. The second-order valence-corrected chi connectivity index (χ2v) is 5.31. The van der Waals surface area contributed by atoms with Crippen LogP contribution in [0, 0.1) is 6.92 Å². The van der Waals surface area contributed by atoms with Crippen molar-refractivity contribution in [2.75, 3.05) is 6.54 Å². The van der Waals surface area contributed by atoms with E-state index in [0.29, 0.717) is 23.2 Å². The minimum Gasteiger partial charge on any atom is -0.443 e. The second-order valence-electron chi connectivity index (χ2n) is 5.31. The van der Waals surface area contributed by atoms with Gasteiger partial charge in [-0.25, -0.2) is 4.79 Å². The Hall–Kier alpha value is -2.30. The Balaban J connectivity index is 2.01. The molecule has 0 saturated carbocycles. The van der Waals surface area contributed by atoms with Crippen LogP contribution in [0.2, 0.25) is 0 Å². The third kappa shape index (κ3) is 3.87. The SMILES string of the molecule is CCCCCNC(=O)OCc1[nH]c2ccccc2c(=O)c1C. The van der Waals surface area contributed by atoms with Crippen molar-refractivity contribution in [3.05, 3.63) is 45.7 Å². The molecule has 2 aromatic rings. The fourth-order valence-corrected chi connectivity index (χ4v) is 2.28. The molecule has 0 radical (unpaired) electrons. The first-order valence-electron chi connectivity index (χ1n) is 7.64. The van der Waals surface area contributed by atoms with Gasteiger partial charge in [0.05, 0.1) is 5.69 Å². The van der Waals surface area contributed by atoms with Crippen molar-refractivity contribution in [3.63, 3.8) is 0 Å². The average Bonchev–Trinajstić information content (AvgIpc) is 2.53. The predicted octanol–water partition coefficient (Wildman–Crippen LogP) is 3.25. The Morgan fingerprint density at radius 3 is 2.82 bits per heavy atom. The summed E-state index contributed by atoms with van der Waals surface area (Å²) < 4.78 is 5.17. The van der Waals surface area contributed by atoms with Gasteiger partial charge in [0.25, 0.3) is 0 Å². The van der Waals surface area contributed by atoms with Gasteiger partial charge in [0.2, 0.25) is 0 Å². The fraction of sp³-hybridized carbons (Fsp3) is 0.412. The summed E-state index contributed by atoms with van der Waals surface area (Å²) in [4.78, 5) is 27.0. The largest absolute Gasteiger partial charge is 0.443 e. The normalized spacial score (nSPS) is 10.6. The lowest BCUT2D eigenvalue weighted by Crippen LogP contribution is -2.25. The molecule has 0 aliphatic carbocycles. The lowest BCUT2D eigenvalue weighted by Gasteiger charge is -2.10. The number of alkyl carbamates (subject to hydrolysis) is 1. The van der Waals surface area contributed by atoms with Crippen LogP contribution in [0.15, 0.2) is 29.1 Å². The van der Waals surface area contributed by atoms with Gasteiger partial charge < -0.3 is 15.0 Å². The zero-order valence-corrected chi connectivity index (χ0v) is 13.1. The number of hydrogen-bond donors (Lipinski definition) is 2. The van der Waals surface area contributed by atoms with Gasteiger partial charge in [0.1, 0.15) is 6.61 Å². The van der Waals surface area contributed by atoms with Gasteiger partial charge in [-0.3, -0.25) is 4.79 Å². The van der Waals surface area contributed by atoms with Gasteiger partial charge in [0, 0.05) is 23.0 Å². The molecule has 1 amide bonds. The highest BCUT2D eigenvalue weighted by atomic mass is 16.5. The number of carbonyl (C=O) groups excluding carboxylic acids is 1. The van der Waals surface area contributed by atoms with Crippen LogP contribution < -0.4 is 10.7 Å². The van der Waals surface area contributed by atoms with Crippen LogP contribution in [0.1, 0.15) is 37.4 Å². The number of benzene rings is 1. The van der Waals surface area contributed by atoms with Crippen LogP contribution in [-0.4, -0.2) is 17.6 Å². The van der Waals surface area contributed by atoms with E-state index in [1.807, 2.05) is 18.2 Å². The molecule has 0 saturated heterocycles. The third-order valence-corrected chi connectivity index (χ3v) is 3.65. The summed E-state index contributed by atoms with van der Waals surface area (Å²) in [5.74, 6) is 0. The van der Waals surface area contributed by atoms with Crippen molar-refractivity contribution in [1.82, 2.24) is 10.3 Å². The summed E-state index contributed by atoms with van der Waals surface area (Å²) in [6, 6.07) is 7.31. The molecular formula is C17H22N2O3. The molecule has 5 nitrogen and oxygen atoms in total. The maximum absolute atomic E-state index is 12.3. The van der Waals surface area contributed by atoms with E-state index in [0.717, 1.165) is 24.8 Å². The smallest absolute Gasteiger partial charge is 0.407 e. The van der Waals surface area contributed by atoms with Gasteiger partial charge in [-0.2, -0.15) is 0 Å². The number of hydrogen-bond acceptors (Lipinski definition) is 3. The van der Waals surface area contributed by atoms with E-state index >= 15 is 0 Å². The standard InChI is InChI=1S/C17H22N2O3/c1-3-4-7-10-18-17(21)22-11-15-12(2)16(20)13-8-5-6-9-14(13)19-15/h5-6,8-9H,3-4,7,10-11H2,1-2H3,(H,18,21)(H,19,20). The molecule has 118 valence electrons. The molecule has 1 heterocycles. The van der Waals surface area contributed by atoms with E-state index in [9.17, 15) is 9.59 Å². The lowest BCUT2D eigenvalue weighted by molar-refractivity contribution is 0.138. The molecule has 0 bridgehead atoms. The monoisotopic (exact) mass is 302 g/mol. The summed E-state index contributed by atoms with van der Waals surface area (Å²) in [6.45, 7) is 4.52. The first kappa shape index (κ1) is 16.1. The zero-order valence-electron chi connectivity index (χ0n) is 13.1. The van der Waals surface area contributed by atoms with Crippen molar-refractivity contribution in [2.24, 2.45) is 0 Å². The van der Waals surface area contributed by atoms with Gasteiger partial charge in [-0.05, 0) is 25.5 Å². The highest BCUT2D eigenvalue weighted by Gasteiger charge is 2.10. The Bertz CT molecular complexity index is 707. The van der Waals surface area contributed by atoms with Gasteiger partial charge in [-0.15, -0.1) is 0 Å². The summed E-state index contributed by atoms with van der Waals surface area (Å²) in [5, 5.41) is 3.35. The number of unbranched alkanes of at least 4 members (excludes halogenated alkanes) is 2. The molecule has 22 heavy (non-hydrogen) atoms. The quantitative estimate of drug-likeness (QED) is 0.805. The Labute approximate surface area is 129 Å². The molecule has 0 fully saturated rings. The number of amides is 1. The molecule has 1 aromatic carbocycles. The Morgan fingerprint density at radius 2 is 2.05 bits per heavy atom. The number of rotatable bonds is 6. The van der Waals surface area contributed by atoms with E-state index < -0.39 is 6.09 Å². The maximum Gasteiger partial charge on any atom is 0.407 e. The maximum atomic E-state index is 12.3. The summed E-state index contributed by atoms with van der Waals surface area (Å²) in [5.41, 5.74) is 1.93. The number of para-hydroxylation sites is 1. The number of carbonyl (C=O) groups is 1. The molecule has 0 spiro atoms. The van der Waals surface area contributed by atoms with E-state index in [4.69, 9.17) is 4.74 Å². The fourth-order valence-electron chi connectivity index (χ4n) is 2.28. The van der Waals surface area contributed by atoms with E-state index in [1.54, 1.807) is 13.0 Å². The Morgan fingerprint density at radius 1 is 1.27 bits per heavy atom. The Kier molecular flexibility index (Phi) is 5.58. The lowest BCUT2D eigenvalue weighted by atomic mass is 10.1. The topological polar surface area (TPSA) is 71.2 Å². The molecular weight excluding hydrogens is 280 g/mol. The van der Waals surface area contributed by atoms with E-state index in [-0.39, 0.29) is 12.0 Å². The van der Waals surface area contributed by atoms with Crippen LogP contribution in [0.3, 0.4) is 0 Å². The van der Waals surface area contributed by atoms with Crippen LogP contribution in [-0.2, 0) is 11.3 Å². The highest BCUT2D eigenvalue weighted by Crippen LogP contribution is 2.11. The number of nitrogens with one attached hydrogen (secondary N) is 2.